The second-order valence-electron chi connectivity index (χ2n) is 4.69. The molecule has 2 heterocycles. The molecule has 0 saturated carbocycles. The molecule has 1 aliphatic rings. The highest BCUT2D eigenvalue weighted by Crippen LogP contribution is 2.38. The number of fused-ring (bicyclic) bond motifs is 3. The minimum absolute atomic E-state index is 0.0100. The van der Waals surface area contributed by atoms with E-state index in [-0.39, 0.29) is 18.1 Å². The molecule has 3 N–H and O–H groups in total. The van der Waals surface area contributed by atoms with Crippen LogP contribution in [0.15, 0.2) is 28.7 Å². The molecule has 2 unspecified atom stereocenters. The van der Waals surface area contributed by atoms with E-state index in [0.29, 0.717) is 11.0 Å². The summed E-state index contributed by atoms with van der Waals surface area (Å²) < 4.78 is 49.9. The lowest BCUT2D eigenvalue weighted by atomic mass is 10.1. The Hall–Kier alpha value is -2.22. The van der Waals surface area contributed by atoms with Gasteiger partial charge in [0, 0.05) is 0 Å². The van der Waals surface area contributed by atoms with E-state index in [2.05, 4.69) is 5.32 Å². The van der Waals surface area contributed by atoms with E-state index in [1.165, 1.54) is 0 Å². The Balaban J connectivity index is 2.09. The summed E-state index contributed by atoms with van der Waals surface area (Å²) in [5, 5.41) is 2.87. The van der Waals surface area contributed by atoms with E-state index < -0.39 is 24.2 Å². The lowest BCUT2D eigenvalue weighted by Crippen LogP contribution is -2.56. The Morgan fingerprint density at radius 1 is 1.33 bits per heavy atom. The zero-order valence-corrected chi connectivity index (χ0v) is 10.6. The fraction of sp³-hybridized carbons (Fsp3) is 0.308. The lowest BCUT2D eigenvalue weighted by molar-refractivity contribution is -0.202. The molecule has 0 radical (unpaired) electrons. The van der Waals surface area contributed by atoms with Gasteiger partial charge in [-0.2, -0.15) is 13.2 Å². The topological polar surface area (TPSA) is 77.5 Å². The number of nitrogens with one attached hydrogen (secondary N) is 1. The molecule has 1 aromatic carbocycles. The average Bonchev–Trinajstić information content (AvgIpc) is 2.62. The van der Waals surface area contributed by atoms with E-state index in [1.807, 2.05) is 0 Å². The van der Waals surface area contributed by atoms with Gasteiger partial charge >= 0.3 is 6.18 Å². The maximum Gasteiger partial charge on any atom is 0.427 e. The number of amides is 1. The summed E-state index contributed by atoms with van der Waals surface area (Å²) in [6.45, 7) is -0.0792. The van der Waals surface area contributed by atoms with Gasteiger partial charge in [-0.1, -0.05) is 12.1 Å². The number of hydrogen-bond acceptors (Lipinski definition) is 4. The van der Waals surface area contributed by atoms with Crippen molar-refractivity contribution in [3.8, 4) is 5.75 Å². The Morgan fingerprint density at radius 2 is 2.05 bits per heavy atom. The van der Waals surface area contributed by atoms with Gasteiger partial charge in [0.1, 0.15) is 11.6 Å². The van der Waals surface area contributed by atoms with Gasteiger partial charge in [-0.15, -0.1) is 0 Å². The molecule has 0 bridgehead atoms. The summed E-state index contributed by atoms with van der Waals surface area (Å²) in [4.78, 5) is 11.2. The van der Waals surface area contributed by atoms with Crippen LogP contribution in [0, 0.1) is 0 Å². The van der Waals surface area contributed by atoms with Crippen LogP contribution < -0.4 is 15.8 Å². The minimum Gasteiger partial charge on any atom is -0.474 e. The number of hydrogen-bond donors (Lipinski definition) is 2. The molecule has 112 valence electrons. The monoisotopic (exact) mass is 300 g/mol. The third-order valence-electron chi connectivity index (χ3n) is 3.28. The Morgan fingerprint density at radius 3 is 2.71 bits per heavy atom. The number of ether oxygens (including phenoxy) is 1. The number of para-hydroxylation sites is 1. The number of furan rings is 1. The summed E-state index contributed by atoms with van der Waals surface area (Å²) >= 11 is 0. The van der Waals surface area contributed by atoms with Crippen molar-refractivity contribution in [3.63, 3.8) is 0 Å². The van der Waals surface area contributed by atoms with Crippen LogP contribution >= 0.6 is 0 Å². The smallest absolute Gasteiger partial charge is 0.427 e. The Labute approximate surface area is 116 Å². The zero-order chi connectivity index (χ0) is 15.2. The molecule has 5 nitrogen and oxygen atoms in total. The average molecular weight is 300 g/mol. The standard InChI is InChI=1S/C13H11F3N2O3/c14-13(15,16)11-9(12(17)19)18-5-8-10(21-11)6-3-1-2-4-7(6)20-8/h1-4,9,11,18H,5H2,(H2,17,19). The van der Waals surface area contributed by atoms with Crippen molar-refractivity contribution >= 4 is 16.9 Å². The van der Waals surface area contributed by atoms with E-state index >= 15 is 0 Å². The van der Waals surface area contributed by atoms with Crippen molar-refractivity contribution in [1.82, 2.24) is 5.32 Å². The van der Waals surface area contributed by atoms with Gasteiger partial charge in [0.05, 0.1) is 11.9 Å². The SMILES string of the molecule is NC(=O)C1NCc2oc3ccccc3c2OC1C(F)(F)F. The van der Waals surface area contributed by atoms with Crippen molar-refractivity contribution in [2.45, 2.75) is 24.9 Å². The summed E-state index contributed by atoms with van der Waals surface area (Å²) in [6.07, 6.45) is -7.11. The van der Waals surface area contributed by atoms with Gasteiger partial charge in [-0.05, 0) is 12.1 Å². The maximum absolute atomic E-state index is 13.1. The summed E-state index contributed by atoms with van der Waals surface area (Å²) in [6, 6.07) is 4.91. The molecule has 2 aromatic rings. The van der Waals surface area contributed by atoms with E-state index in [1.54, 1.807) is 24.3 Å². The third kappa shape index (κ3) is 2.31. The van der Waals surface area contributed by atoms with E-state index in [9.17, 15) is 18.0 Å². The van der Waals surface area contributed by atoms with E-state index in [4.69, 9.17) is 14.9 Å². The van der Waals surface area contributed by atoms with Crippen molar-refractivity contribution in [1.29, 1.82) is 0 Å². The van der Waals surface area contributed by atoms with Crippen molar-refractivity contribution < 1.29 is 27.1 Å². The summed E-state index contributed by atoms with van der Waals surface area (Å²) in [5.74, 6) is -0.940. The van der Waals surface area contributed by atoms with Crippen molar-refractivity contribution in [3.05, 3.63) is 30.0 Å². The molecular formula is C13H11F3N2O3. The highest BCUT2D eigenvalue weighted by atomic mass is 19.4. The van der Waals surface area contributed by atoms with E-state index in [0.717, 1.165) is 0 Å². The molecule has 3 rings (SSSR count). The Bertz CT molecular complexity index is 696. The van der Waals surface area contributed by atoms with Crippen LogP contribution in [-0.2, 0) is 11.3 Å². The quantitative estimate of drug-likeness (QED) is 0.840. The molecular weight excluding hydrogens is 289 g/mol. The molecule has 21 heavy (non-hydrogen) atoms. The fourth-order valence-electron chi connectivity index (χ4n) is 2.33. The first-order chi connectivity index (χ1) is 9.88. The molecule has 2 atom stereocenters. The van der Waals surface area contributed by atoms with Crippen LogP contribution in [0.4, 0.5) is 13.2 Å². The summed E-state index contributed by atoms with van der Waals surface area (Å²) in [7, 11) is 0. The second-order valence-corrected chi connectivity index (χ2v) is 4.69. The van der Waals surface area contributed by atoms with Gasteiger partial charge in [-0.3, -0.25) is 10.1 Å². The second kappa shape index (κ2) is 4.66. The van der Waals surface area contributed by atoms with Gasteiger partial charge in [-0.25, -0.2) is 0 Å². The van der Waals surface area contributed by atoms with Crippen LogP contribution in [0.25, 0.3) is 11.0 Å². The number of halogens is 3. The van der Waals surface area contributed by atoms with Crippen LogP contribution in [0.1, 0.15) is 5.76 Å². The number of carbonyl (C=O) groups is 1. The van der Waals surface area contributed by atoms with Gasteiger partial charge < -0.3 is 14.9 Å². The number of carbonyl (C=O) groups excluding carboxylic acids is 1. The highest BCUT2D eigenvalue weighted by Gasteiger charge is 2.51. The molecule has 0 aliphatic carbocycles. The molecule has 0 spiro atoms. The van der Waals surface area contributed by atoms with Crippen LogP contribution in [0.5, 0.6) is 5.75 Å². The predicted octanol–water partition coefficient (Wildman–Crippen LogP) is 1.70. The van der Waals surface area contributed by atoms with Gasteiger partial charge in [0.15, 0.2) is 11.5 Å². The molecule has 0 fully saturated rings. The predicted molar refractivity (Wildman–Crippen MR) is 66.5 cm³/mol. The lowest BCUT2D eigenvalue weighted by Gasteiger charge is -2.25. The van der Waals surface area contributed by atoms with Crippen LogP contribution in [-0.4, -0.2) is 24.2 Å². The molecule has 1 aromatic heterocycles. The van der Waals surface area contributed by atoms with Crippen LogP contribution in [0.2, 0.25) is 0 Å². The first kappa shape index (κ1) is 13.7. The molecule has 8 heteroatoms. The molecule has 0 saturated heterocycles. The molecule has 1 aliphatic heterocycles. The number of primary amides is 1. The first-order valence-electron chi connectivity index (χ1n) is 6.14. The third-order valence-corrected chi connectivity index (χ3v) is 3.28. The summed E-state index contributed by atoms with van der Waals surface area (Å²) in [5.41, 5.74) is 5.45. The highest BCUT2D eigenvalue weighted by molar-refractivity contribution is 5.86. The van der Waals surface area contributed by atoms with Crippen molar-refractivity contribution in [2.75, 3.05) is 0 Å². The van der Waals surface area contributed by atoms with Gasteiger partial charge in [0.2, 0.25) is 12.0 Å². The number of rotatable bonds is 1. The molecule has 1 amide bonds. The van der Waals surface area contributed by atoms with Crippen molar-refractivity contribution in [2.24, 2.45) is 5.73 Å². The number of benzene rings is 1. The fourth-order valence-corrected chi connectivity index (χ4v) is 2.33. The Kier molecular flexibility index (Phi) is 3.05. The van der Waals surface area contributed by atoms with Crippen LogP contribution in [0.3, 0.4) is 0 Å². The number of alkyl halides is 3. The van der Waals surface area contributed by atoms with Gasteiger partial charge in [0.25, 0.3) is 0 Å². The maximum atomic E-state index is 13.1. The minimum atomic E-state index is -4.74. The number of nitrogens with two attached hydrogens (primary N) is 1. The zero-order valence-electron chi connectivity index (χ0n) is 10.6. The normalized spacial score (nSPS) is 22.4. The largest absolute Gasteiger partial charge is 0.474 e. The first-order valence-corrected chi connectivity index (χ1v) is 6.14.